The highest BCUT2D eigenvalue weighted by atomic mass is 32.2. The van der Waals surface area contributed by atoms with Crippen LogP contribution < -0.4 is 0 Å². The first-order valence-corrected chi connectivity index (χ1v) is 8.52. The van der Waals surface area contributed by atoms with Crippen molar-refractivity contribution in [2.75, 3.05) is 0 Å². The van der Waals surface area contributed by atoms with Crippen molar-refractivity contribution in [3.63, 3.8) is 0 Å². The van der Waals surface area contributed by atoms with E-state index in [1.165, 1.54) is 0 Å². The second kappa shape index (κ2) is 6.07. The number of phenols is 2. The maximum absolute atomic E-state index is 12.7. The molecule has 1 fully saturated rings. The van der Waals surface area contributed by atoms with Crippen LogP contribution in [0.1, 0.15) is 52.8 Å². The summed E-state index contributed by atoms with van der Waals surface area (Å²) in [5.41, 5.74) is -1.86. The van der Waals surface area contributed by atoms with E-state index >= 15 is 0 Å². The molecule has 1 aliphatic rings. The smallest absolute Gasteiger partial charge is 0.340 e. The number of carboxylic acid groups (broad SMARTS) is 2. The third-order valence-corrected chi connectivity index (χ3v) is 6.27. The van der Waals surface area contributed by atoms with Gasteiger partial charge in [0.2, 0.25) is 0 Å². The van der Waals surface area contributed by atoms with Crippen molar-refractivity contribution in [2.24, 2.45) is 0 Å². The van der Waals surface area contributed by atoms with E-state index in [4.69, 9.17) is 5.11 Å². The second-order valence-electron chi connectivity index (χ2n) is 5.41. The van der Waals surface area contributed by atoms with E-state index in [0.29, 0.717) is 31.7 Å². The number of hydrogen-bond acceptors (Lipinski definition) is 6. The second-order valence-corrected chi connectivity index (χ2v) is 7.58. The summed E-state index contributed by atoms with van der Waals surface area (Å²) in [5, 5.41) is 37.1. The van der Waals surface area contributed by atoms with Crippen molar-refractivity contribution in [3.05, 3.63) is 17.2 Å². The van der Waals surface area contributed by atoms with Gasteiger partial charge in [-0.3, -0.25) is 0 Å². The Labute approximate surface area is 131 Å². The Morgan fingerprint density at radius 3 is 2.04 bits per heavy atom. The Morgan fingerprint density at radius 2 is 1.57 bits per heavy atom. The van der Waals surface area contributed by atoms with Gasteiger partial charge in [0.25, 0.3) is 0 Å². The zero-order valence-corrected chi connectivity index (χ0v) is 12.8. The molecule has 0 radical (unpaired) electrons. The molecule has 0 spiro atoms. The van der Waals surface area contributed by atoms with Crippen LogP contribution in [0.15, 0.2) is 11.0 Å². The van der Waals surface area contributed by atoms with Gasteiger partial charge in [-0.15, -0.1) is 0 Å². The van der Waals surface area contributed by atoms with E-state index < -0.39 is 54.5 Å². The lowest BCUT2D eigenvalue weighted by molar-refractivity contribution is 0.0670. The van der Waals surface area contributed by atoms with Crippen molar-refractivity contribution in [1.29, 1.82) is 0 Å². The zero-order valence-electron chi connectivity index (χ0n) is 12.0. The average molecular weight is 344 g/mol. The van der Waals surface area contributed by atoms with Gasteiger partial charge in [-0.05, 0) is 18.9 Å². The third-order valence-electron chi connectivity index (χ3n) is 3.95. The number of rotatable bonds is 4. The lowest BCUT2D eigenvalue weighted by Gasteiger charge is -2.23. The minimum absolute atomic E-state index is 0.291. The van der Waals surface area contributed by atoms with E-state index in [0.717, 1.165) is 6.42 Å². The first-order valence-electron chi connectivity index (χ1n) is 6.97. The van der Waals surface area contributed by atoms with Gasteiger partial charge in [-0.25, -0.2) is 18.0 Å². The van der Waals surface area contributed by atoms with E-state index in [-0.39, 0.29) is 0 Å². The molecule has 2 rings (SSSR count). The van der Waals surface area contributed by atoms with Crippen molar-refractivity contribution in [3.8, 4) is 11.5 Å². The lowest BCUT2D eigenvalue weighted by Crippen LogP contribution is -2.26. The maximum Gasteiger partial charge on any atom is 0.340 e. The van der Waals surface area contributed by atoms with Crippen LogP contribution in [0.2, 0.25) is 0 Å². The van der Waals surface area contributed by atoms with Crippen LogP contribution in [0, 0.1) is 0 Å². The first kappa shape index (κ1) is 17.1. The van der Waals surface area contributed by atoms with E-state index in [2.05, 4.69) is 0 Å². The molecule has 0 unspecified atom stereocenters. The fourth-order valence-corrected chi connectivity index (χ4v) is 4.97. The van der Waals surface area contributed by atoms with Gasteiger partial charge in [-0.1, -0.05) is 19.3 Å². The molecule has 0 amide bonds. The molecule has 0 saturated heterocycles. The largest absolute Gasteiger partial charge is 0.507 e. The van der Waals surface area contributed by atoms with Crippen LogP contribution in [0.3, 0.4) is 0 Å². The lowest BCUT2D eigenvalue weighted by atomic mass is 10.0. The van der Waals surface area contributed by atoms with E-state index in [9.17, 15) is 33.3 Å². The van der Waals surface area contributed by atoms with Crippen molar-refractivity contribution in [2.45, 2.75) is 42.2 Å². The van der Waals surface area contributed by atoms with Crippen molar-refractivity contribution >= 4 is 21.8 Å². The molecule has 0 heterocycles. The number of aromatic carboxylic acids is 2. The predicted molar refractivity (Wildman–Crippen MR) is 77.7 cm³/mol. The summed E-state index contributed by atoms with van der Waals surface area (Å²) < 4.78 is 25.5. The number of hydrogen-bond donors (Lipinski definition) is 4. The molecule has 4 N–H and O–H groups in total. The van der Waals surface area contributed by atoms with Crippen LogP contribution in [-0.2, 0) is 9.84 Å². The van der Waals surface area contributed by atoms with Crippen LogP contribution in [0.25, 0.3) is 0 Å². The molecule has 0 aliphatic heterocycles. The Balaban J connectivity index is 2.77. The summed E-state index contributed by atoms with van der Waals surface area (Å²) in [6, 6.07) is 0.529. The van der Waals surface area contributed by atoms with Gasteiger partial charge in [0, 0.05) is 0 Å². The van der Waals surface area contributed by atoms with Gasteiger partial charge in [0.05, 0.1) is 5.25 Å². The third kappa shape index (κ3) is 2.96. The Kier molecular flexibility index (Phi) is 4.51. The zero-order chi connectivity index (χ0) is 17.4. The van der Waals surface area contributed by atoms with Crippen LogP contribution in [-0.4, -0.2) is 46.0 Å². The summed E-state index contributed by atoms with van der Waals surface area (Å²) in [4.78, 5) is 21.4. The Bertz CT molecular complexity index is 759. The van der Waals surface area contributed by atoms with Crippen molar-refractivity contribution in [1.82, 2.24) is 0 Å². The minimum atomic E-state index is -4.30. The highest BCUT2D eigenvalue weighted by Gasteiger charge is 2.38. The molecule has 0 bridgehead atoms. The van der Waals surface area contributed by atoms with Crippen LogP contribution >= 0.6 is 0 Å². The number of carboxylic acids is 2. The molecule has 0 atom stereocenters. The number of benzene rings is 1. The maximum atomic E-state index is 12.7. The number of carbonyl (C=O) groups is 2. The highest BCUT2D eigenvalue weighted by molar-refractivity contribution is 7.92. The summed E-state index contributed by atoms with van der Waals surface area (Å²) in [7, 11) is -4.30. The molecule has 1 aromatic carbocycles. The highest BCUT2D eigenvalue weighted by Crippen LogP contribution is 2.40. The average Bonchev–Trinajstić information content (AvgIpc) is 2.48. The molecule has 8 nitrogen and oxygen atoms in total. The van der Waals surface area contributed by atoms with E-state index in [1.54, 1.807) is 0 Å². The monoisotopic (exact) mass is 344 g/mol. The molecule has 1 aliphatic carbocycles. The molecule has 23 heavy (non-hydrogen) atoms. The van der Waals surface area contributed by atoms with Gasteiger partial charge in [0.1, 0.15) is 27.5 Å². The van der Waals surface area contributed by atoms with Crippen molar-refractivity contribution < 1.29 is 38.4 Å². The standard InChI is InChI=1S/C14H16O8S/c15-9-6-8(13(17)18)11(16)12(10(9)14(19)20)23(21,22)7-4-2-1-3-5-7/h6-7,15-16H,1-5H2,(H,17,18)(H,19,20). The first-order chi connectivity index (χ1) is 10.7. The molecule has 9 heteroatoms. The van der Waals surface area contributed by atoms with Crippen LogP contribution in [0.4, 0.5) is 0 Å². The number of aromatic hydroxyl groups is 2. The summed E-state index contributed by atoms with van der Waals surface area (Å²) in [6.07, 6.45) is 2.71. The van der Waals surface area contributed by atoms with E-state index in [1.807, 2.05) is 0 Å². The minimum Gasteiger partial charge on any atom is -0.507 e. The normalized spacial score (nSPS) is 16.2. The summed E-state index contributed by atoms with van der Waals surface area (Å²) in [6.45, 7) is 0. The van der Waals surface area contributed by atoms with Gasteiger partial charge >= 0.3 is 11.9 Å². The fraction of sp³-hybridized carbons (Fsp3) is 0.429. The topological polar surface area (TPSA) is 149 Å². The van der Waals surface area contributed by atoms with Gasteiger partial charge in [-0.2, -0.15) is 0 Å². The molecular weight excluding hydrogens is 328 g/mol. The number of sulfone groups is 1. The van der Waals surface area contributed by atoms with Gasteiger partial charge in [0.15, 0.2) is 9.84 Å². The Hall–Kier alpha value is -2.29. The fourth-order valence-electron chi connectivity index (χ4n) is 2.82. The predicted octanol–water partition coefficient (Wildman–Crippen LogP) is 1.60. The summed E-state index contributed by atoms with van der Waals surface area (Å²) >= 11 is 0. The van der Waals surface area contributed by atoms with Crippen LogP contribution in [0.5, 0.6) is 11.5 Å². The summed E-state index contributed by atoms with van der Waals surface area (Å²) in [5.74, 6) is -5.60. The molecular formula is C14H16O8S. The molecule has 0 aromatic heterocycles. The SMILES string of the molecule is O=C(O)c1cc(O)c(C(=O)O)c(S(=O)(=O)C2CCCCC2)c1O. The molecule has 126 valence electrons. The molecule has 1 aromatic rings. The molecule has 1 saturated carbocycles. The quantitative estimate of drug-likeness (QED) is 0.602. The van der Waals surface area contributed by atoms with Gasteiger partial charge < -0.3 is 20.4 Å². The Morgan fingerprint density at radius 1 is 1.00 bits per heavy atom.